The Balaban J connectivity index is 2.29. The molecular formula is C15H22O2. The molecule has 0 radical (unpaired) electrons. The molecular weight excluding hydrogens is 212 g/mol. The quantitative estimate of drug-likeness (QED) is 0.780. The molecule has 1 N–H and O–H groups in total. The minimum Gasteiger partial charge on any atom is -0.466 e. The van der Waals surface area contributed by atoms with Gasteiger partial charge in [-0.2, -0.15) is 0 Å². The largest absolute Gasteiger partial charge is 0.466 e. The lowest BCUT2D eigenvalue weighted by Gasteiger charge is -2.14. The molecule has 2 rings (SSSR count). The van der Waals surface area contributed by atoms with Crippen LogP contribution in [0.5, 0.6) is 0 Å². The van der Waals surface area contributed by atoms with Gasteiger partial charge in [-0.05, 0) is 57.6 Å². The van der Waals surface area contributed by atoms with Crippen molar-refractivity contribution < 1.29 is 9.52 Å². The van der Waals surface area contributed by atoms with Gasteiger partial charge in [-0.3, -0.25) is 0 Å². The van der Waals surface area contributed by atoms with E-state index in [0.717, 1.165) is 35.5 Å². The number of furan rings is 1. The van der Waals surface area contributed by atoms with Crippen LogP contribution in [0.1, 0.15) is 60.9 Å². The second kappa shape index (κ2) is 5.09. The molecule has 2 nitrogen and oxygen atoms in total. The van der Waals surface area contributed by atoms with Gasteiger partial charge in [0.05, 0.1) is 0 Å². The SMILES string of the molecule is Cc1oc(C)c(C(O)C2=CCCCCC2)c1C. The average molecular weight is 234 g/mol. The molecule has 0 fully saturated rings. The third-order valence-electron chi connectivity index (χ3n) is 3.82. The average Bonchev–Trinajstić information content (AvgIpc) is 2.52. The molecule has 0 saturated carbocycles. The number of aryl methyl sites for hydroxylation is 2. The van der Waals surface area contributed by atoms with Crippen LogP contribution in [0.25, 0.3) is 0 Å². The molecule has 0 bridgehead atoms. The van der Waals surface area contributed by atoms with E-state index in [0.29, 0.717) is 0 Å². The van der Waals surface area contributed by atoms with E-state index in [9.17, 15) is 5.11 Å². The molecule has 1 aromatic rings. The zero-order valence-electron chi connectivity index (χ0n) is 11.0. The van der Waals surface area contributed by atoms with Crippen LogP contribution in [0, 0.1) is 20.8 Å². The van der Waals surface area contributed by atoms with Gasteiger partial charge < -0.3 is 9.52 Å². The van der Waals surface area contributed by atoms with Gasteiger partial charge in [-0.1, -0.05) is 12.5 Å². The highest BCUT2D eigenvalue weighted by molar-refractivity contribution is 5.37. The first-order valence-electron chi connectivity index (χ1n) is 6.54. The molecule has 0 aliphatic heterocycles. The van der Waals surface area contributed by atoms with Crippen molar-refractivity contribution in [2.45, 2.75) is 59.0 Å². The lowest BCUT2D eigenvalue weighted by Crippen LogP contribution is -2.03. The fourth-order valence-electron chi connectivity index (χ4n) is 2.69. The summed E-state index contributed by atoms with van der Waals surface area (Å²) in [7, 11) is 0. The maximum Gasteiger partial charge on any atom is 0.107 e. The second-order valence-corrected chi connectivity index (χ2v) is 5.03. The van der Waals surface area contributed by atoms with E-state index in [2.05, 4.69) is 6.08 Å². The topological polar surface area (TPSA) is 33.4 Å². The minimum atomic E-state index is -0.467. The summed E-state index contributed by atoms with van der Waals surface area (Å²) in [6, 6.07) is 0. The van der Waals surface area contributed by atoms with E-state index < -0.39 is 6.10 Å². The smallest absolute Gasteiger partial charge is 0.107 e. The van der Waals surface area contributed by atoms with Gasteiger partial charge in [-0.25, -0.2) is 0 Å². The molecule has 1 aliphatic rings. The highest BCUT2D eigenvalue weighted by Gasteiger charge is 2.22. The van der Waals surface area contributed by atoms with E-state index in [1.165, 1.54) is 24.8 Å². The van der Waals surface area contributed by atoms with Gasteiger partial charge in [0.1, 0.15) is 17.6 Å². The van der Waals surface area contributed by atoms with Crippen LogP contribution in [0.4, 0.5) is 0 Å². The molecule has 1 atom stereocenters. The standard InChI is InChI=1S/C15H22O2/c1-10-11(2)17-12(3)14(10)15(16)13-8-6-4-5-7-9-13/h8,15-16H,4-7,9H2,1-3H3. The summed E-state index contributed by atoms with van der Waals surface area (Å²) >= 11 is 0. The summed E-state index contributed by atoms with van der Waals surface area (Å²) in [5, 5.41) is 10.5. The molecule has 0 amide bonds. The number of hydrogen-bond acceptors (Lipinski definition) is 2. The Morgan fingerprint density at radius 1 is 1.12 bits per heavy atom. The zero-order chi connectivity index (χ0) is 12.4. The monoisotopic (exact) mass is 234 g/mol. The zero-order valence-corrected chi connectivity index (χ0v) is 11.0. The first kappa shape index (κ1) is 12.4. The second-order valence-electron chi connectivity index (χ2n) is 5.03. The molecule has 17 heavy (non-hydrogen) atoms. The van der Waals surface area contributed by atoms with Crippen molar-refractivity contribution in [2.24, 2.45) is 0 Å². The Labute approximate surface area is 103 Å². The number of aliphatic hydroxyl groups excluding tert-OH is 1. The first-order chi connectivity index (χ1) is 8.11. The summed E-state index contributed by atoms with van der Waals surface area (Å²) in [6.45, 7) is 5.93. The van der Waals surface area contributed by atoms with E-state index in [1.54, 1.807) is 0 Å². The third-order valence-corrected chi connectivity index (χ3v) is 3.82. The fraction of sp³-hybridized carbons (Fsp3) is 0.600. The Bertz CT molecular complexity index is 426. The molecule has 1 aromatic heterocycles. The molecule has 1 unspecified atom stereocenters. The predicted octanol–water partition coefficient (Wildman–Crippen LogP) is 4.13. The molecule has 1 aliphatic carbocycles. The molecule has 1 heterocycles. The Morgan fingerprint density at radius 2 is 1.88 bits per heavy atom. The lowest BCUT2D eigenvalue weighted by molar-refractivity contribution is 0.208. The van der Waals surface area contributed by atoms with E-state index in [4.69, 9.17) is 4.42 Å². The summed E-state index contributed by atoms with van der Waals surface area (Å²) in [5.74, 6) is 1.78. The maximum absolute atomic E-state index is 10.5. The number of aliphatic hydroxyl groups is 1. The molecule has 2 heteroatoms. The van der Waals surface area contributed by atoms with Crippen LogP contribution in [-0.2, 0) is 0 Å². The number of allylic oxidation sites excluding steroid dienone is 1. The van der Waals surface area contributed by atoms with E-state index in [-0.39, 0.29) is 0 Å². The summed E-state index contributed by atoms with van der Waals surface area (Å²) < 4.78 is 5.60. The van der Waals surface area contributed by atoms with E-state index in [1.807, 2.05) is 20.8 Å². The Hall–Kier alpha value is -1.02. The van der Waals surface area contributed by atoms with Gasteiger partial charge in [-0.15, -0.1) is 0 Å². The Morgan fingerprint density at radius 3 is 2.53 bits per heavy atom. The summed E-state index contributed by atoms with van der Waals surface area (Å²) in [5.41, 5.74) is 3.25. The van der Waals surface area contributed by atoms with Crippen molar-refractivity contribution in [1.29, 1.82) is 0 Å². The fourth-order valence-corrected chi connectivity index (χ4v) is 2.69. The van der Waals surface area contributed by atoms with E-state index >= 15 is 0 Å². The van der Waals surface area contributed by atoms with Crippen LogP contribution in [-0.4, -0.2) is 5.11 Å². The molecule has 0 saturated heterocycles. The van der Waals surface area contributed by atoms with Crippen molar-refractivity contribution in [3.05, 3.63) is 34.3 Å². The van der Waals surface area contributed by atoms with Gasteiger partial charge in [0.25, 0.3) is 0 Å². The molecule has 94 valence electrons. The number of rotatable bonds is 2. The predicted molar refractivity (Wildman–Crippen MR) is 69.0 cm³/mol. The number of hydrogen-bond donors (Lipinski definition) is 1. The van der Waals surface area contributed by atoms with Gasteiger partial charge >= 0.3 is 0 Å². The van der Waals surface area contributed by atoms with Gasteiger partial charge in [0.2, 0.25) is 0 Å². The van der Waals surface area contributed by atoms with Gasteiger partial charge in [0, 0.05) is 5.56 Å². The maximum atomic E-state index is 10.5. The highest BCUT2D eigenvalue weighted by Crippen LogP contribution is 2.34. The van der Waals surface area contributed by atoms with Gasteiger partial charge in [0.15, 0.2) is 0 Å². The first-order valence-corrected chi connectivity index (χ1v) is 6.54. The van der Waals surface area contributed by atoms with Crippen molar-refractivity contribution in [3.8, 4) is 0 Å². The van der Waals surface area contributed by atoms with Crippen LogP contribution in [0.3, 0.4) is 0 Å². The lowest BCUT2D eigenvalue weighted by atomic mass is 9.95. The van der Waals surface area contributed by atoms with Crippen LogP contribution in [0.15, 0.2) is 16.1 Å². The summed E-state index contributed by atoms with van der Waals surface area (Å²) in [6.07, 6.45) is 7.58. The summed E-state index contributed by atoms with van der Waals surface area (Å²) in [4.78, 5) is 0. The molecule has 0 spiro atoms. The minimum absolute atomic E-state index is 0.467. The van der Waals surface area contributed by atoms with Crippen molar-refractivity contribution in [3.63, 3.8) is 0 Å². The van der Waals surface area contributed by atoms with Crippen molar-refractivity contribution in [1.82, 2.24) is 0 Å². The normalized spacial score (nSPS) is 18.7. The van der Waals surface area contributed by atoms with Crippen LogP contribution in [0.2, 0.25) is 0 Å². The third kappa shape index (κ3) is 2.47. The highest BCUT2D eigenvalue weighted by atomic mass is 16.3. The Kier molecular flexibility index (Phi) is 3.72. The van der Waals surface area contributed by atoms with Crippen LogP contribution < -0.4 is 0 Å². The van der Waals surface area contributed by atoms with Crippen molar-refractivity contribution in [2.75, 3.05) is 0 Å². The van der Waals surface area contributed by atoms with Crippen molar-refractivity contribution >= 4 is 0 Å². The van der Waals surface area contributed by atoms with Crippen LogP contribution >= 0.6 is 0 Å². The molecule has 0 aromatic carbocycles.